The van der Waals surface area contributed by atoms with Gasteiger partial charge in [-0.2, -0.15) is 5.26 Å². The zero-order valence-electron chi connectivity index (χ0n) is 10.4. The molecule has 1 atom stereocenters. The van der Waals surface area contributed by atoms with Gasteiger partial charge in [0.25, 0.3) is 0 Å². The summed E-state index contributed by atoms with van der Waals surface area (Å²) >= 11 is 0. The van der Waals surface area contributed by atoms with Gasteiger partial charge in [-0.3, -0.25) is 4.90 Å². The number of likely N-dealkylation sites (tertiary alicyclic amines) is 1. The fourth-order valence-corrected chi connectivity index (χ4v) is 2.63. The van der Waals surface area contributed by atoms with Gasteiger partial charge in [-0.25, -0.2) is 0 Å². The molecule has 0 aromatic rings. The average Bonchev–Trinajstić information content (AvgIpc) is 2.46. The Morgan fingerprint density at radius 3 is 2.73 bits per heavy atom. The van der Waals surface area contributed by atoms with Gasteiger partial charge >= 0.3 is 0 Å². The lowest BCUT2D eigenvalue weighted by atomic mass is 9.86. The largest absolute Gasteiger partial charge is 0.298 e. The maximum Gasteiger partial charge on any atom is 0.0625 e. The summed E-state index contributed by atoms with van der Waals surface area (Å²) in [6.45, 7) is 9.24. The van der Waals surface area contributed by atoms with E-state index in [9.17, 15) is 0 Å². The lowest BCUT2D eigenvalue weighted by Crippen LogP contribution is -2.42. The van der Waals surface area contributed by atoms with Crippen LogP contribution in [0.15, 0.2) is 0 Å². The van der Waals surface area contributed by atoms with E-state index in [4.69, 9.17) is 5.26 Å². The van der Waals surface area contributed by atoms with Crippen molar-refractivity contribution >= 4 is 0 Å². The highest BCUT2D eigenvalue weighted by molar-refractivity contribution is 4.98. The average molecular weight is 208 g/mol. The molecular weight excluding hydrogens is 184 g/mol. The Bertz CT molecular complexity index is 227. The van der Waals surface area contributed by atoms with Crippen molar-refractivity contribution in [3.63, 3.8) is 0 Å². The maximum atomic E-state index is 8.79. The molecule has 0 amide bonds. The standard InChI is InChI=1S/C13H24N2/c1-4-5-6-10-15-11-8-12(7-9-14)13(15,2)3/h12H,4-8,10-11H2,1-3H3. The molecule has 0 saturated carbocycles. The Balaban J connectivity index is 2.44. The number of unbranched alkanes of at least 4 members (excludes halogenated alkanes) is 2. The van der Waals surface area contributed by atoms with E-state index in [-0.39, 0.29) is 5.54 Å². The van der Waals surface area contributed by atoms with E-state index in [2.05, 4.69) is 31.7 Å². The second kappa shape index (κ2) is 5.51. The summed E-state index contributed by atoms with van der Waals surface area (Å²) in [6.07, 6.45) is 5.84. The van der Waals surface area contributed by atoms with Gasteiger partial charge in [0, 0.05) is 12.0 Å². The Hall–Kier alpha value is -0.550. The van der Waals surface area contributed by atoms with Gasteiger partial charge in [0.15, 0.2) is 0 Å². The topological polar surface area (TPSA) is 27.0 Å². The minimum Gasteiger partial charge on any atom is -0.298 e. The van der Waals surface area contributed by atoms with Crippen LogP contribution in [0.5, 0.6) is 0 Å². The van der Waals surface area contributed by atoms with E-state index >= 15 is 0 Å². The van der Waals surface area contributed by atoms with Crippen molar-refractivity contribution in [2.75, 3.05) is 13.1 Å². The van der Waals surface area contributed by atoms with Crippen LogP contribution in [0.25, 0.3) is 0 Å². The molecule has 0 radical (unpaired) electrons. The maximum absolute atomic E-state index is 8.79. The number of hydrogen-bond donors (Lipinski definition) is 0. The highest BCUT2D eigenvalue weighted by Crippen LogP contribution is 2.36. The number of rotatable bonds is 5. The summed E-state index contributed by atoms with van der Waals surface area (Å²) in [7, 11) is 0. The van der Waals surface area contributed by atoms with Crippen molar-refractivity contribution in [2.45, 2.75) is 58.4 Å². The molecule has 15 heavy (non-hydrogen) atoms. The molecular formula is C13H24N2. The highest BCUT2D eigenvalue weighted by Gasteiger charge is 2.40. The number of nitriles is 1. The summed E-state index contributed by atoms with van der Waals surface area (Å²) in [5.41, 5.74) is 0.240. The molecule has 0 aliphatic carbocycles. The highest BCUT2D eigenvalue weighted by atomic mass is 15.2. The van der Waals surface area contributed by atoms with Gasteiger partial charge < -0.3 is 0 Å². The van der Waals surface area contributed by atoms with Crippen molar-refractivity contribution in [3.8, 4) is 6.07 Å². The van der Waals surface area contributed by atoms with Crippen LogP contribution in [0.3, 0.4) is 0 Å². The van der Waals surface area contributed by atoms with Crippen molar-refractivity contribution < 1.29 is 0 Å². The lowest BCUT2D eigenvalue weighted by molar-refractivity contribution is 0.137. The molecule has 86 valence electrons. The predicted octanol–water partition coefficient (Wildman–Crippen LogP) is 3.19. The second-order valence-corrected chi connectivity index (χ2v) is 5.20. The molecule has 0 aromatic heterocycles. The third kappa shape index (κ3) is 2.95. The molecule has 1 aliphatic heterocycles. The third-order valence-electron chi connectivity index (χ3n) is 3.93. The van der Waals surface area contributed by atoms with Crippen molar-refractivity contribution in [1.29, 1.82) is 5.26 Å². The fourth-order valence-electron chi connectivity index (χ4n) is 2.63. The first-order valence-electron chi connectivity index (χ1n) is 6.25. The van der Waals surface area contributed by atoms with Gasteiger partial charge in [0.2, 0.25) is 0 Å². The van der Waals surface area contributed by atoms with E-state index in [1.54, 1.807) is 0 Å². The van der Waals surface area contributed by atoms with Crippen molar-refractivity contribution in [3.05, 3.63) is 0 Å². The molecule has 0 spiro atoms. The second-order valence-electron chi connectivity index (χ2n) is 5.20. The van der Waals surface area contributed by atoms with Crippen LogP contribution in [0.2, 0.25) is 0 Å². The fraction of sp³-hybridized carbons (Fsp3) is 0.923. The predicted molar refractivity (Wildman–Crippen MR) is 63.5 cm³/mol. The monoisotopic (exact) mass is 208 g/mol. The molecule has 2 heteroatoms. The lowest BCUT2D eigenvalue weighted by Gasteiger charge is -2.35. The minimum absolute atomic E-state index is 0.240. The van der Waals surface area contributed by atoms with Gasteiger partial charge in [-0.15, -0.1) is 0 Å². The van der Waals surface area contributed by atoms with E-state index in [1.807, 2.05) is 0 Å². The Morgan fingerprint density at radius 1 is 1.40 bits per heavy atom. The van der Waals surface area contributed by atoms with Crippen LogP contribution in [-0.2, 0) is 0 Å². The summed E-state index contributed by atoms with van der Waals surface area (Å²) in [6, 6.07) is 2.33. The molecule has 1 heterocycles. The van der Waals surface area contributed by atoms with Gasteiger partial charge in [-0.1, -0.05) is 19.8 Å². The van der Waals surface area contributed by atoms with Crippen molar-refractivity contribution in [1.82, 2.24) is 4.90 Å². The normalized spacial score (nSPS) is 25.3. The van der Waals surface area contributed by atoms with Gasteiger partial charge in [-0.05, 0) is 45.7 Å². The summed E-state index contributed by atoms with van der Waals surface area (Å²) in [5, 5.41) is 8.79. The van der Waals surface area contributed by atoms with Crippen LogP contribution in [-0.4, -0.2) is 23.5 Å². The minimum atomic E-state index is 0.240. The van der Waals surface area contributed by atoms with E-state index in [1.165, 1.54) is 38.8 Å². The van der Waals surface area contributed by atoms with Crippen LogP contribution in [0.4, 0.5) is 0 Å². The molecule has 1 aliphatic rings. The van der Waals surface area contributed by atoms with Gasteiger partial charge in [0.05, 0.1) is 6.07 Å². The van der Waals surface area contributed by atoms with Crippen LogP contribution in [0.1, 0.15) is 52.9 Å². The Labute approximate surface area is 94.3 Å². The van der Waals surface area contributed by atoms with Crippen LogP contribution < -0.4 is 0 Å². The number of nitrogens with zero attached hydrogens (tertiary/aromatic N) is 2. The molecule has 0 aromatic carbocycles. The molecule has 1 fully saturated rings. The summed E-state index contributed by atoms with van der Waals surface area (Å²) < 4.78 is 0. The zero-order valence-corrected chi connectivity index (χ0v) is 10.4. The molecule has 2 nitrogen and oxygen atoms in total. The van der Waals surface area contributed by atoms with E-state index < -0.39 is 0 Å². The third-order valence-corrected chi connectivity index (χ3v) is 3.93. The first-order valence-corrected chi connectivity index (χ1v) is 6.25. The summed E-state index contributed by atoms with van der Waals surface area (Å²) in [5.74, 6) is 0.573. The van der Waals surface area contributed by atoms with Crippen molar-refractivity contribution in [2.24, 2.45) is 5.92 Å². The summed E-state index contributed by atoms with van der Waals surface area (Å²) in [4.78, 5) is 2.57. The Morgan fingerprint density at radius 2 is 2.13 bits per heavy atom. The van der Waals surface area contributed by atoms with Crippen LogP contribution in [0, 0.1) is 17.2 Å². The van der Waals surface area contributed by atoms with Gasteiger partial charge in [0.1, 0.15) is 0 Å². The zero-order chi connectivity index (χ0) is 11.3. The van der Waals surface area contributed by atoms with E-state index in [0.29, 0.717) is 5.92 Å². The Kier molecular flexibility index (Phi) is 4.60. The first kappa shape index (κ1) is 12.5. The molecule has 0 bridgehead atoms. The quantitative estimate of drug-likeness (QED) is 0.649. The molecule has 1 saturated heterocycles. The smallest absolute Gasteiger partial charge is 0.0625 e. The molecule has 0 N–H and O–H groups in total. The van der Waals surface area contributed by atoms with E-state index in [0.717, 1.165) is 6.42 Å². The number of hydrogen-bond acceptors (Lipinski definition) is 2. The van der Waals surface area contributed by atoms with Crippen LogP contribution >= 0.6 is 0 Å². The molecule has 1 unspecified atom stereocenters. The molecule has 1 rings (SSSR count). The first-order chi connectivity index (χ1) is 7.12. The SMILES string of the molecule is CCCCCN1CCC(CC#N)C1(C)C.